The van der Waals surface area contributed by atoms with E-state index in [0.717, 1.165) is 51.7 Å². The van der Waals surface area contributed by atoms with Gasteiger partial charge in [0.1, 0.15) is 0 Å². The number of amides is 2. The Hall–Kier alpha value is -0.810. The fourth-order valence-corrected chi connectivity index (χ4v) is 3.27. The highest BCUT2D eigenvalue weighted by molar-refractivity contribution is 5.85. The average molecular weight is 346 g/mol. The number of nitrogens with one attached hydrogen (secondary N) is 2. The molecule has 2 unspecified atom stereocenters. The van der Waals surface area contributed by atoms with Crippen molar-refractivity contribution in [3.05, 3.63) is 0 Å². The van der Waals surface area contributed by atoms with Crippen LogP contribution in [0.15, 0.2) is 0 Å². The van der Waals surface area contributed by atoms with Gasteiger partial charge in [0.2, 0.25) is 11.8 Å². The first-order valence-corrected chi connectivity index (χ1v) is 8.74. The van der Waals surface area contributed by atoms with Gasteiger partial charge < -0.3 is 15.5 Å². The predicted octanol–water partition coefficient (Wildman–Crippen LogP) is 1.95. The predicted molar refractivity (Wildman–Crippen MR) is 94.7 cm³/mol. The number of carbonyl (C=O) groups is 2. The Labute approximate surface area is 146 Å². The number of nitrogens with zero attached hydrogens (tertiary/aromatic N) is 1. The summed E-state index contributed by atoms with van der Waals surface area (Å²) in [6.45, 7) is 9.37. The van der Waals surface area contributed by atoms with Gasteiger partial charge in [0.25, 0.3) is 0 Å². The number of hydrogen-bond donors (Lipinski definition) is 2. The molecule has 0 aliphatic carbocycles. The number of piperidine rings is 1. The van der Waals surface area contributed by atoms with Crippen molar-refractivity contribution in [2.24, 2.45) is 11.3 Å². The smallest absolute Gasteiger partial charge is 0.237 e. The molecule has 2 N–H and O–H groups in total. The third-order valence-electron chi connectivity index (χ3n) is 5.21. The number of hydrogen-bond acceptors (Lipinski definition) is 3. The summed E-state index contributed by atoms with van der Waals surface area (Å²) in [7, 11) is 0. The van der Waals surface area contributed by atoms with Crippen molar-refractivity contribution >= 4 is 24.2 Å². The van der Waals surface area contributed by atoms with Gasteiger partial charge in [-0.1, -0.05) is 20.8 Å². The third kappa shape index (κ3) is 5.35. The zero-order valence-corrected chi connectivity index (χ0v) is 15.5. The monoisotopic (exact) mass is 345 g/mol. The zero-order chi connectivity index (χ0) is 16.2. The molecule has 134 valence electrons. The van der Waals surface area contributed by atoms with Crippen LogP contribution in [0, 0.1) is 11.3 Å². The number of likely N-dealkylation sites (tertiary alicyclic amines) is 1. The van der Waals surface area contributed by atoms with Crippen molar-refractivity contribution in [2.45, 2.75) is 58.9 Å². The molecule has 0 aromatic carbocycles. The zero-order valence-electron chi connectivity index (χ0n) is 14.7. The van der Waals surface area contributed by atoms with E-state index in [4.69, 9.17) is 0 Å². The minimum atomic E-state index is -0.279. The van der Waals surface area contributed by atoms with Gasteiger partial charge in [-0.3, -0.25) is 9.59 Å². The minimum absolute atomic E-state index is 0. The molecule has 23 heavy (non-hydrogen) atoms. The molecule has 5 nitrogen and oxygen atoms in total. The lowest BCUT2D eigenvalue weighted by Crippen LogP contribution is -2.49. The van der Waals surface area contributed by atoms with Gasteiger partial charge in [-0.15, -0.1) is 12.4 Å². The van der Waals surface area contributed by atoms with Crippen LogP contribution >= 0.6 is 12.4 Å². The lowest BCUT2D eigenvalue weighted by molar-refractivity contribution is -0.142. The second-order valence-electron chi connectivity index (χ2n) is 7.39. The summed E-state index contributed by atoms with van der Waals surface area (Å²) in [6, 6.07) is -0.0136. The van der Waals surface area contributed by atoms with Crippen molar-refractivity contribution in [3.8, 4) is 0 Å². The van der Waals surface area contributed by atoms with Crippen molar-refractivity contribution in [1.29, 1.82) is 0 Å². The van der Waals surface area contributed by atoms with E-state index in [9.17, 15) is 9.59 Å². The maximum Gasteiger partial charge on any atom is 0.237 e. The van der Waals surface area contributed by atoms with Gasteiger partial charge in [0.05, 0.1) is 6.04 Å². The van der Waals surface area contributed by atoms with Crippen LogP contribution in [-0.2, 0) is 9.59 Å². The van der Waals surface area contributed by atoms with Gasteiger partial charge in [-0.2, -0.15) is 0 Å². The Bertz CT molecular complexity index is 409. The Balaban J connectivity index is 0.00000264. The number of carbonyl (C=O) groups excluding carboxylic acids is 2. The van der Waals surface area contributed by atoms with Gasteiger partial charge in [-0.05, 0) is 44.6 Å². The van der Waals surface area contributed by atoms with Crippen LogP contribution < -0.4 is 10.6 Å². The number of halogens is 1. The molecule has 2 amide bonds. The lowest BCUT2D eigenvalue weighted by atomic mass is 9.87. The third-order valence-corrected chi connectivity index (χ3v) is 5.21. The summed E-state index contributed by atoms with van der Waals surface area (Å²) in [5.74, 6) is 0.758. The summed E-state index contributed by atoms with van der Waals surface area (Å²) in [5.41, 5.74) is -0.279. The van der Waals surface area contributed by atoms with Crippen LogP contribution in [0.1, 0.15) is 52.9 Å². The summed E-state index contributed by atoms with van der Waals surface area (Å²) in [4.78, 5) is 26.6. The molecule has 2 saturated heterocycles. The Kier molecular flexibility index (Phi) is 7.81. The second-order valence-corrected chi connectivity index (χ2v) is 7.39. The van der Waals surface area contributed by atoms with Crippen molar-refractivity contribution in [1.82, 2.24) is 15.5 Å². The minimum Gasteiger partial charge on any atom is -0.354 e. The molecule has 2 fully saturated rings. The Morgan fingerprint density at radius 2 is 2.00 bits per heavy atom. The first-order chi connectivity index (χ1) is 10.4. The summed E-state index contributed by atoms with van der Waals surface area (Å²) >= 11 is 0. The van der Waals surface area contributed by atoms with Crippen LogP contribution in [0.5, 0.6) is 0 Å². The Morgan fingerprint density at radius 3 is 2.61 bits per heavy atom. The summed E-state index contributed by atoms with van der Waals surface area (Å²) in [5, 5.41) is 6.29. The standard InChI is InChI=1S/C17H31N3O2.ClH/c1-4-17(2,3)16(22)20-10-6-7-13(12-20)11-19-15(21)14-8-5-9-18-14;/h13-14,18H,4-12H2,1-3H3,(H,19,21);1H. The molecule has 0 bridgehead atoms. The largest absolute Gasteiger partial charge is 0.354 e. The molecule has 2 rings (SSSR count). The topological polar surface area (TPSA) is 61.4 Å². The van der Waals surface area contributed by atoms with Gasteiger partial charge in [-0.25, -0.2) is 0 Å². The maximum atomic E-state index is 12.6. The van der Waals surface area contributed by atoms with Crippen LogP contribution in [0.25, 0.3) is 0 Å². The highest BCUT2D eigenvalue weighted by atomic mass is 35.5. The van der Waals surface area contributed by atoms with Crippen LogP contribution in [0.4, 0.5) is 0 Å². The van der Waals surface area contributed by atoms with E-state index in [-0.39, 0.29) is 35.7 Å². The van der Waals surface area contributed by atoms with E-state index in [1.54, 1.807) is 0 Å². The van der Waals surface area contributed by atoms with Crippen molar-refractivity contribution in [2.75, 3.05) is 26.2 Å². The van der Waals surface area contributed by atoms with Gasteiger partial charge >= 0.3 is 0 Å². The number of rotatable bonds is 5. The highest BCUT2D eigenvalue weighted by Gasteiger charge is 2.33. The molecule has 0 aromatic rings. The van der Waals surface area contributed by atoms with Gasteiger partial charge in [0, 0.05) is 25.0 Å². The fraction of sp³-hybridized carbons (Fsp3) is 0.882. The lowest BCUT2D eigenvalue weighted by Gasteiger charge is -2.37. The first-order valence-electron chi connectivity index (χ1n) is 8.74. The van der Waals surface area contributed by atoms with E-state index >= 15 is 0 Å². The quantitative estimate of drug-likeness (QED) is 0.800. The average Bonchev–Trinajstić information content (AvgIpc) is 3.06. The van der Waals surface area contributed by atoms with E-state index in [1.807, 2.05) is 18.7 Å². The van der Waals surface area contributed by atoms with Crippen LogP contribution in [-0.4, -0.2) is 48.9 Å². The maximum absolute atomic E-state index is 12.6. The molecule has 2 heterocycles. The van der Waals surface area contributed by atoms with Crippen LogP contribution in [0.2, 0.25) is 0 Å². The highest BCUT2D eigenvalue weighted by Crippen LogP contribution is 2.26. The SMILES string of the molecule is CCC(C)(C)C(=O)N1CCCC(CNC(=O)C2CCCN2)C1.Cl. The van der Waals surface area contributed by atoms with Crippen molar-refractivity contribution in [3.63, 3.8) is 0 Å². The normalized spacial score (nSPS) is 24.9. The molecule has 0 saturated carbocycles. The van der Waals surface area contributed by atoms with E-state index in [1.165, 1.54) is 0 Å². The molecule has 2 atom stereocenters. The first kappa shape index (κ1) is 20.2. The van der Waals surface area contributed by atoms with E-state index < -0.39 is 0 Å². The molecular weight excluding hydrogens is 314 g/mol. The van der Waals surface area contributed by atoms with E-state index in [2.05, 4.69) is 17.6 Å². The summed E-state index contributed by atoms with van der Waals surface area (Å²) in [6.07, 6.45) is 5.00. The fourth-order valence-electron chi connectivity index (χ4n) is 3.27. The molecule has 0 spiro atoms. The van der Waals surface area contributed by atoms with Crippen molar-refractivity contribution < 1.29 is 9.59 Å². The Morgan fingerprint density at radius 1 is 1.26 bits per heavy atom. The van der Waals surface area contributed by atoms with Crippen LogP contribution in [0.3, 0.4) is 0 Å². The molecule has 0 aromatic heterocycles. The molecule has 2 aliphatic rings. The second kappa shape index (κ2) is 8.88. The molecule has 6 heteroatoms. The molecule has 2 aliphatic heterocycles. The van der Waals surface area contributed by atoms with Gasteiger partial charge in [0.15, 0.2) is 0 Å². The molecular formula is C17H32ClN3O2. The van der Waals surface area contributed by atoms with E-state index in [0.29, 0.717) is 12.5 Å². The summed E-state index contributed by atoms with van der Waals surface area (Å²) < 4.78 is 0. The molecule has 0 radical (unpaired) electrons.